The van der Waals surface area contributed by atoms with E-state index in [-0.39, 0.29) is 11.7 Å². The second kappa shape index (κ2) is 10.1. The van der Waals surface area contributed by atoms with Gasteiger partial charge in [0, 0.05) is 17.1 Å². The topological polar surface area (TPSA) is 81.4 Å². The Morgan fingerprint density at radius 2 is 1.93 bits per heavy atom. The molecule has 29 heavy (non-hydrogen) atoms. The van der Waals surface area contributed by atoms with Crippen LogP contribution < -0.4 is 10.2 Å². The first-order chi connectivity index (χ1) is 14.1. The normalized spacial score (nSPS) is 11.0. The zero-order valence-electron chi connectivity index (χ0n) is 16.0. The van der Waals surface area contributed by atoms with Gasteiger partial charge in [0.25, 0.3) is 5.91 Å². The number of thioether (sulfide) groups is 1. The van der Waals surface area contributed by atoms with Crippen molar-refractivity contribution in [3.63, 3.8) is 0 Å². The fourth-order valence-electron chi connectivity index (χ4n) is 2.52. The quantitative estimate of drug-likeness (QED) is 0.334. The minimum absolute atomic E-state index is 0.179. The first kappa shape index (κ1) is 20.9. The molecule has 0 saturated carbocycles. The molecule has 7 nitrogen and oxygen atoms in total. The smallest absolute Gasteiger partial charge is 0.250 e. The van der Waals surface area contributed by atoms with Crippen LogP contribution in [0.3, 0.4) is 0 Å². The number of hydrogen-bond donors (Lipinski definition) is 1. The highest BCUT2D eigenvalue weighted by atomic mass is 35.5. The van der Waals surface area contributed by atoms with Crippen LogP contribution in [0.15, 0.2) is 58.8 Å². The Balaban J connectivity index is 1.57. The molecular formula is C20H20ClN5O2S. The van der Waals surface area contributed by atoms with Crippen LogP contribution in [0.2, 0.25) is 5.02 Å². The number of carbonyl (C=O) groups is 1. The number of amides is 1. The molecule has 0 radical (unpaired) electrons. The Kier molecular flexibility index (Phi) is 7.26. The van der Waals surface area contributed by atoms with Crippen molar-refractivity contribution >= 4 is 35.5 Å². The maximum absolute atomic E-state index is 12.1. The van der Waals surface area contributed by atoms with Gasteiger partial charge in [0.2, 0.25) is 0 Å². The average molecular weight is 430 g/mol. The zero-order valence-corrected chi connectivity index (χ0v) is 17.6. The van der Waals surface area contributed by atoms with Crippen LogP contribution in [0.1, 0.15) is 12.5 Å². The van der Waals surface area contributed by atoms with E-state index in [9.17, 15) is 4.79 Å². The number of rotatable bonds is 8. The van der Waals surface area contributed by atoms with Crippen LogP contribution in [0, 0.1) is 0 Å². The third-order valence-corrected chi connectivity index (χ3v) is 5.21. The average Bonchev–Trinajstić information content (AvgIpc) is 3.16. The molecular weight excluding hydrogens is 410 g/mol. The van der Waals surface area contributed by atoms with Gasteiger partial charge in [0.1, 0.15) is 5.75 Å². The molecule has 0 saturated heterocycles. The Hall–Kier alpha value is -2.84. The number of benzene rings is 2. The molecule has 2 aromatic carbocycles. The molecule has 0 spiro atoms. The molecule has 3 aromatic rings. The number of halogens is 1. The van der Waals surface area contributed by atoms with Crippen molar-refractivity contribution < 1.29 is 9.53 Å². The summed E-state index contributed by atoms with van der Waals surface area (Å²) in [6.07, 6.45) is 1.58. The summed E-state index contributed by atoms with van der Waals surface area (Å²) in [7, 11) is 1.61. The highest BCUT2D eigenvalue weighted by Crippen LogP contribution is 2.25. The molecule has 1 heterocycles. The van der Waals surface area contributed by atoms with Crippen molar-refractivity contribution in [2.75, 3.05) is 12.9 Å². The van der Waals surface area contributed by atoms with E-state index < -0.39 is 0 Å². The van der Waals surface area contributed by atoms with Gasteiger partial charge >= 0.3 is 0 Å². The van der Waals surface area contributed by atoms with Crippen molar-refractivity contribution in [3.8, 4) is 17.1 Å². The maximum Gasteiger partial charge on any atom is 0.250 e. The number of aromatic nitrogens is 3. The summed E-state index contributed by atoms with van der Waals surface area (Å²) in [6, 6.07) is 14.8. The highest BCUT2D eigenvalue weighted by Gasteiger charge is 2.14. The minimum atomic E-state index is -0.224. The van der Waals surface area contributed by atoms with Crippen molar-refractivity contribution in [2.45, 2.75) is 18.6 Å². The number of ether oxygens (including phenoxy) is 1. The van der Waals surface area contributed by atoms with E-state index in [1.807, 2.05) is 60.0 Å². The van der Waals surface area contributed by atoms with Gasteiger partial charge in [0.15, 0.2) is 11.0 Å². The van der Waals surface area contributed by atoms with E-state index in [0.29, 0.717) is 16.7 Å². The lowest BCUT2D eigenvalue weighted by molar-refractivity contribution is -0.118. The minimum Gasteiger partial charge on any atom is -0.497 e. The molecule has 9 heteroatoms. The molecule has 0 unspecified atom stereocenters. The van der Waals surface area contributed by atoms with E-state index in [0.717, 1.165) is 22.7 Å². The van der Waals surface area contributed by atoms with Gasteiger partial charge in [-0.25, -0.2) is 5.43 Å². The molecule has 0 bridgehead atoms. The first-order valence-corrected chi connectivity index (χ1v) is 10.2. The summed E-state index contributed by atoms with van der Waals surface area (Å²) in [5.41, 5.74) is 4.30. The van der Waals surface area contributed by atoms with Gasteiger partial charge in [-0.15, -0.1) is 10.2 Å². The number of carbonyl (C=O) groups excluding carboxylic acids is 1. The van der Waals surface area contributed by atoms with Crippen LogP contribution in [0.5, 0.6) is 5.75 Å². The number of hydrazone groups is 1. The Bertz CT molecular complexity index is 987. The lowest BCUT2D eigenvalue weighted by Gasteiger charge is -2.07. The summed E-state index contributed by atoms with van der Waals surface area (Å²) < 4.78 is 7.06. The van der Waals surface area contributed by atoms with E-state index in [2.05, 4.69) is 20.7 Å². The standard InChI is InChI=1S/C20H20ClN5O2S/c1-3-26-19(15-6-8-16(21)9-7-15)24-25-20(26)29-13-18(27)23-22-12-14-4-10-17(28-2)11-5-14/h4-12H,3,13H2,1-2H3,(H,23,27)/b22-12+. The van der Waals surface area contributed by atoms with Crippen LogP contribution in [0.25, 0.3) is 11.4 Å². The molecule has 0 aliphatic rings. The van der Waals surface area contributed by atoms with Gasteiger partial charge in [-0.3, -0.25) is 4.79 Å². The van der Waals surface area contributed by atoms with Crippen molar-refractivity contribution in [2.24, 2.45) is 5.10 Å². The summed E-state index contributed by atoms with van der Waals surface area (Å²) in [4.78, 5) is 12.1. The van der Waals surface area contributed by atoms with E-state index in [1.54, 1.807) is 13.3 Å². The predicted molar refractivity (Wildman–Crippen MR) is 116 cm³/mol. The van der Waals surface area contributed by atoms with Gasteiger partial charge in [0.05, 0.1) is 19.1 Å². The number of nitrogens with zero attached hydrogens (tertiary/aromatic N) is 4. The third kappa shape index (κ3) is 5.58. The molecule has 0 fully saturated rings. The van der Waals surface area contributed by atoms with E-state index in [1.165, 1.54) is 11.8 Å². The third-order valence-electron chi connectivity index (χ3n) is 3.99. The Morgan fingerprint density at radius 1 is 1.21 bits per heavy atom. The first-order valence-electron chi connectivity index (χ1n) is 8.88. The van der Waals surface area contributed by atoms with Gasteiger partial charge in [-0.1, -0.05) is 23.4 Å². The van der Waals surface area contributed by atoms with Crippen LogP contribution in [0.4, 0.5) is 0 Å². The zero-order chi connectivity index (χ0) is 20.6. The fourth-order valence-corrected chi connectivity index (χ4v) is 3.44. The molecule has 1 aromatic heterocycles. The number of nitrogens with one attached hydrogen (secondary N) is 1. The molecule has 1 amide bonds. The lowest BCUT2D eigenvalue weighted by Crippen LogP contribution is -2.20. The second-order valence-corrected chi connectivity index (χ2v) is 7.29. The van der Waals surface area contributed by atoms with Gasteiger partial charge in [-0.2, -0.15) is 5.10 Å². The SMILES string of the molecule is CCn1c(SCC(=O)N/N=C/c2ccc(OC)cc2)nnc1-c1ccc(Cl)cc1. The molecule has 0 aliphatic heterocycles. The van der Waals surface area contributed by atoms with Gasteiger partial charge in [-0.05, 0) is 61.0 Å². The number of hydrogen-bond acceptors (Lipinski definition) is 6. The van der Waals surface area contributed by atoms with Gasteiger partial charge < -0.3 is 9.30 Å². The summed E-state index contributed by atoms with van der Waals surface area (Å²) in [6.45, 7) is 2.69. The highest BCUT2D eigenvalue weighted by molar-refractivity contribution is 7.99. The second-order valence-electron chi connectivity index (χ2n) is 5.91. The van der Waals surface area contributed by atoms with Crippen molar-refractivity contribution in [3.05, 3.63) is 59.1 Å². The summed E-state index contributed by atoms with van der Waals surface area (Å²) in [5, 5.41) is 13.8. The maximum atomic E-state index is 12.1. The number of methoxy groups -OCH3 is 1. The molecule has 0 atom stereocenters. The van der Waals surface area contributed by atoms with Crippen LogP contribution in [-0.2, 0) is 11.3 Å². The largest absolute Gasteiger partial charge is 0.497 e. The fraction of sp³-hybridized carbons (Fsp3) is 0.200. The summed E-state index contributed by atoms with van der Waals surface area (Å²) in [5.74, 6) is 1.46. The Morgan fingerprint density at radius 3 is 2.59 bits per heavy atom. The Labute approximate surface area is 178 Å². The molecule has 0 aliphatic carbocycles. The van der Waals surface area contributed by atoms with E-state index >= 15 is 0 Å². The molecule has 3 rings (SSSR count). The van der Waals surface area contributed by atoms with Crippen LogP contribution in [-0.4, -0.2) is 39.7 Å². The van der Waals surface area contributed by atoms with Crippen molar-refractivity contribution in [1.82, 2.24) is 20.2 Å². The monoisotopic (exact) mass is 429 g/mol. The van der Waals surface area contributed by atoms with Crippen LogP contribution >= 0.6 is 23.4 Å². The predicted octanol–water partition coefficient (Wildman–Crippen LogP) is 3.87. The summed E-state index contributed by atoms with van der Waals surface area (Å²) >= 11 is 7.26. The molecule has 1 N–H and O–H groups in total. The molecule has 150 valence electrons. The van der Waals surface area contributed by atoms with E-state index in [4.69, 9.17) is 16.3 Å². The van der Waals surface area contributed by atoms with Crippen molar-refractivity contribution in [1.29, 1.82) is 0 Å². The lowest BCUT2D eigenvalue weighted by atomic mass is 10.2.